The molecule has 0 spiro atoms. The summed E-state index contributed by atoms with van der Waals surface area (Å²) in [6.07, 6.45) is 2.70. The molecule has 0 amide bonds. The fourth-order valence-electron chi connectivity index (χ4n) is 2.25. The maximum absolute atomic E-state index is 10.0. The molecular formula is C25H30N2O4Sn. The Morgan fingerprint density at radius 2 is 0.969 bits per heavy atom. The van der Waals surface area contributed by atoms with Crippen molar-refractivity contribution in [2.45, 2.75) is 34.1 Å². The molecule has 0 aliphatic rings. The molecule has 0 saturated heterocycles. The van der Waals surface area contributed by atoms with Crippen molar-refractivity contribution >= 4 is 46.9 Å². The number of carbonyl (C=O) groups excluding carboxylic acids is 2. The molecule has 0 heterocycles. The summed E-state index contributed by atoms with van der Waals surface area (Å²) in [5.74, 6) is -0.125. The molecule has 0 bridgehead atoms. The Balaban J connectivity index is 0. The van der Waals surface area contributed by atoms with Crippen LogP contribution in [0.25, 0.3) is 0 Å². The Hall–Kier alpha value is -3.00. The molecule has 4 radical (unpaired) electrons. The Morgan fingerprint density at radius 3 is 1.16 bits per heavy atom. The van der Waals surface area contributed by atoms with Gasteiger partial charge in [0.15, 0.2) is 11.6 Å². The molecule has 32 heavy (non-hydrogen) atoms. The molecule has 0 unspecified atom stereocenters. The molecular weight excluding hydrogens is 511 g/mol. The molecule has 4 N–H and O–H groups in total. The first kappa shape index (κ1) is 31.2. The fourth-order valence-corrected chi connectivity index (χ4v) is 2.25. The van der Waals surface area contributed by atoms with E-state index in [1.54, 1.807) is 0 Å². The van der Waals surface area contributed by atoms with Gasteiger partial charge in [-0.05, 0) is 38.8 Å². The van der Waals surface area contributed by atoms with Crippen LogP contribution in [0.4, 0.5) is 0 Å². The van der Waals surface area contributed by atoms with Gasteiger partial charge in [0.1, 0.15) is 0 Å². The fraction of sp³-hybridized carbons (Fsp3) is 0.200. The van der Waals surface area contributed by atoms with E-state index in [-0.39, 0.29) is 47.0 Å². The number of benzene rings is 2. The minimum Gasteiger partial charge on any atom is -0.512 e. The average Bonchev–Trinajstić information content (AvgIpc) is 2.68. The minimum atomic E-state index is -0.125. The van der Waals surface area contributed by atoms with Crippen molar-refractivity contribution in [1.29, 1.82) is 10.8 Å². The van der Waals surface area contributed by atoms with E-state index in [0.29, 0.717) is 17.8 Å². The number of ketones is 2. The van der Waals surface area contributed by atoms with Crippen molar-refractivity contribution in [3.63, 3.8) is 0 Å². The van der Waals surface area contributed by atoms with Gasteiger partial charge in [0.2, 0.25) is 0 Å². The van der Waals surface area contributed by atoms with Gasteiger partial charge >= 0.3 is 0 Å². The molecule has 168 valence electrons. The van der Waals surface area contributed by atoms with Crippen LogP contribution in [0.15, 0.2) is 84.3 Å². The molecule has 2 aromatic rings. The number of carbonyl (C=O) groups is 2. The van der Waals surface area contributed by atoms with Crippen LogP contribution in [0, 0.1) is 10.8 Å². The van der Waals surface area contributed by atoms with Gasteiger partial charge in [0, 0.05) is 53.9 Å². The topological polar surface area (TPSA) is 122 Å². The summed E-state index contributed by atoms with van der Waals surface area (Å²) in [5, 5.41) is 32.7. The summed E-state index contributed by atoms with van der Waals surface area (Å²) < 4.78 is 0. The quantitative estimate of drug-likeness (QED) is 0.174. The number of nitrogens with one attached hydrogen (secondary N) is 2. The first-order chi connectivity index (χ1) is 14.5. The summed E-state index contributed by atoms with van der Waals surface area (Å²) in [4.78, 5) is 20.0. The zero-order valence-corrected chi connectivity index (χ0v) is 21.7. The smallest absolute Gasteiger partial charge is 0.155 e. The van der Waals surface area contributed by atoms with Crippen LogP contribution in [0.2, 0.25) is 0 Å². The van der Waals surface area contributed by atoms with E-state index in [1.165, 1.54) is 39.8 Å². The monoisotopic (exact) mass is 542 g/mol. The molecule has 0 fully saturated rings. The van der Waals surface area contributed by atoms with Crippen LogP contribution >= 0.6 is 0 Å². The molecule has 0 saturated carbocycles. The number of hydrogen-bond acceptors (Lipinski definition) is 6. The third-order valence-corrected chi connectivity index (χ3v) is 3.42. The van der Waals surface area contributed by atoms with Crippen molar-refractivity contribution in [2.75, 3.05) is 0 Å². The molecule has 0 atom stereocenters. The summed E-state index contributed by atoms with van der Waals surface area (Å²) in [6.45, 7) is 5.70. The Kier molecular flexibility index (Phi) is 17.2. The normalized spacial score (nSPS) is 10.2. The second kappa shape index (κ2) is 17.7. The van der Waals surface area contributed by atoms with Crippen molar-refractivity contribution in [2.24, 2.45) is 0 Å². The average molecular weight is 541 g/mol. The van der Waals surface area contributed by atoms with E-state index in [4.69, 9.17) is 21.0 Å². The van der Waals surface area contributed by atoms with Crippen molar-refractivity contribution in [1.82, 2.24) is 0 Å². The van der Waals surface area contributed by atoms with Gasteiger partial charge in [-0.3, -0.25) is 9.59 Å². The number of hydrogen-bond donors (Lipinski definition) is 4. The van der Waals surface area contributed by atoms with Gasteiger partial charge in [0.25, 0.3) is 0 Å². The Bertz CT molecular complexity index is 851. The van der Waals surface area contributed by atoms with Gasteiger partial charge in [-0.15, -0.1) is 0 Å². The van der Waals surface area contributed by atoms with E-state index in [1.807, 2.05) is 60.7 Å². The first-order valence-electron chi connectivity index (χ1n) is 9.54. The number of aliphatic hydroxyl groups is 2. The number of allylic oxidation sites excluding steroid dienone is 4. The van der Waals surface area contributed by atoms with Crippen LogP contribution in [0.1, 0.15) is 45.2 Å². The van der Waals surface area contributed by atoms with Crippen LogP contribution in [0.5, 0.6) is 0 Å². The van der Waals surface area contributed by atoms with Gasteiger partial charge < -0.3 is 21.0 Å². The van der Waals surface area contributed by atoms with Gasteiger partial charge in [-0.1, -0.05) is 60.7 Å². The van der Waals surface area contributed by atoms with Crippen LogP contribution in [-0.2, 0) is 9.59 Å². The second-order valence-corrected chi connectivity index (χ2v) is 6.66. The number of rotatable bonds is 6. The zero-order chi connectivity index (χ0) is 23.8. The number of aliphatic hydroxyl groups excluding tert-OH is 2. The SMILES string of the molecule is CC(=O)/C=C(/C)O.CC(=O)/C=C(\C)O.N=C(CC(=N)c1ccccc1)c1ccccc1.[Sn]. The molecule has 6 nitrogen and oxygen atoms in total. The van der Waals surface area contributed by atoms with Crippen molar-refractivity contribution < 1.29 is 19.8 Å². The van der Waals surface area contributed by atoms with Gasteiger partial charge in [-0.25, -0.2) is 0 Å². The maximum atomic E-state index is 10.0. The van der Waals surface area contributed by atoms with Crippen molar-refractivity contribution in [3.8, 4) is 0 Å². The van der Waals surface area contributed by atoms with Crippen LogP contribution < -0.4 is 0 Å². The molecule has 2 aromatic carbocycles. The predicted molar refractivity (Wildman–Crippen MR) is 131 cm³/mol. The van der Waals surface area contributed by atoms with E-state index >= 15 is 0 Å². The second-order valence-electron chi connectivity index (χ2n) is 6.66. The molecule has 2 rings (SSSR count). The van der Waals surface area contributed by atoms with Crippen molar-refractivity contribution in [3.05, 3.63) is 95.5 Å². The van der Waals surface area contributed by atoms with E-state index in [0.717, 1.165) is 11.1 Å². The standard InChI is InChI=1S/C15H14N2.2C5H8O2.Sn/c16-14(12-7-3-1-4-8-12)11-15(17)13-9-5-2-6-10-13;2*1-4(6)3-5(2)7;/h1-10,16-17H,11H2;2*3,6H,1-2H3;/b;4-3+;4-3-;. The molecule has 0 aliphatic heterocycles. The summed E-state index contributed by atoms with van der Waals surface area (Å²) in [6, 6.07) is 19.1. The Labute approximate surface area is 206 Å². The van der Waals surface area contributed by atoms with Crippen LogP contribution in [0.3, 0.4) is 0 Å². The molecule has 0 aliphatic carbocycles. The summed E-state index contributed by atoms with van der Waals surface area (Å²) >= 11 is 0. The largest absolute Gasteiger partial charge is 0.512 e. The zero-order valence-electron chi connectivity index (χ0n) is 18.8. The summed E-state index contributed by atoms with van der Waals surface area (Å²) in [5.41, 5.74) is 2.74. The van der Waals surface area contributed by atoms with E-state index in [2.05, 4.69) is 0 Å². The third-order valence-electron chi connectivity index (χ3n) is 3.42. The first-order valence-corrected chi connectivity index (χ1v) is 9.54. The van der Waals surface area contributed by atoms with E-state index in [9.17, 15) is 9.59 Å². The summed E-state index contributed by atoms with van der Waals surface area (Å²) in [7, 11) is 0. The predicted octanol–water partition coefficient (Wildman–Crippen LogP) is 5.21. The maximum Gasteiger partial charge on any atom is 0.155 e. The minimum absolute atomic E-state index is 0. The van der Waals surface area contributed by atoms with Gasteiger partial charge in [-0.2, -0.15) is 0 Å². The molecule has 7 heteroatoms. The van der Waals surface area contributed by atoms with Gasteiger partial charge in [0.05, 0.1) is 11.5 Å². The third kappa shape index (κ3) is 16.8. The Morgan fingerprint density at radius 1 is 0.688 bits per heavy atom. The van der Waals surface area contributed by atoms with Crippen LogP contribution in [-0.4, -0.2) is 57.1 Å². The molecule has 0 aromatic heterocycles. The van der Waals surface area contributed by atoms with E-state index < -0.39 is 0 Å².